The number of anilines is 4. The first-order valence-corrected chi connectivity index (χ1v) is 33.7. The molecule has 12 atom stereocenters. The average Bonchev–Trinajstić information content (AvgIpc) is 1.73. The molecule has 0 radical (unpaired) electrons. The Morgan fingerprint density at radius 2 is 1.03 bits per heavy atom. The van der Waals surface area contributed by atoms with E-state index in [2.05, 4.69) is 35.0 Å². The third kappa shape index (κ3) is 16.0. The van der Waals surface area contributed by atoms with Crippen LogP contribution in [0.25, 0.3) is 22.3 Å². The van der Waals surface area contributed by atoms with Crippen LogP contribution in [0.2, 0.25) is 0 Å². The monoisotopic (exact) mass is 1410 g/mol. The first-order chi connectivity index (χ1) is 45.6. The third-order valence-electron chi connectivity index (χ3n) is 15.8. The van der Waals surface area contributed by atoms with Crippen molar-refractivity contribution in [3.63, 3.8) is 0 Å². The molecule has 2 saturated carbocycles. The number of para-hydroxylation sites is 2. The van der Waals surface area contributed by atoms with Crippen molar-refractivity contribution >= 4 is 78.4 Å². The SMILES string of the molecule is CC(C)OC(=O)[C@H](C)N[P@@](=O)(OC[C@H]1O[C@@H](n2cnc3c(N(C)C4CC4)nc(N)nc32)[C@](C)(F)[C@@H]1O)Oc1ccccc1.CC(C)OC(=O)[C@H](C)N[P@@](=O)(Oc1ccccc1)c1c(F)c(F)c(F)c(F)c1F.CN(c1nc(N)nc2c1ncn2[C@@H]1O[C@H](CO)[C@@H](O)[C@@]1(C)F)C1CC1. The minimum Gasteiger partial charge on any atom is -0.462 e. The molecule has 3 aromatic carbocycles. The van der Waals surface area contributed by atoms with Crippen molar-refractivity contribution in [3.05, 3.63) is 102 Å². The van der Waals surface area contributed by atoms with Crippen molar-refractivity contribution < 1.29 is 97.3 Å². The largest absolute Gasteiger partial charge is 0.462 e. The molecule has 4 aliphatic rings. The molecule has 4 aromatic heterocycles. The number of nitrogens with one attached hydrogen (secondary N) is 2. The molecular weight excluding hydrogens is 1340 g/mol. The number of benzene rings is 3. The van der Waals surface area contributed by atoms with E-state index < -0.39 is 147 Å². The van der Waals surface area contributed by atoms with Crippen molar-refractivity contribution in [1.82, 2.24) is 49.2 Å². The van der Waals surface area contributed by atoms with Crippen LogP contribution in [-0.4, -0.2) is 166 Å². The summed E-state index contributed by atoms with van der Waals surface area (Å²) < 4.78 is 169. The molecule has 7 aromatic rings. The van der Waals surface area contributed by atoms with Crippen LogP contribution < -0.4 is 45.8 Å². The van der Waals surface area contributed by atoms with Gasteiger partial charge in [-0.2, -0.15) is 25.0 Å². The number of ether oxygens (including phenoxy) is 4. The fourth-order valence-corrected chi connectivity index (χ4v) is 13.9. The van der Waals surface area contributed by atoms with E-state index in [-0.39, 0.29) is 29.0 Å². The van der Waals surface area contributed by atoms with Crippen LogP contribution in [0.1, 0.15) is 93.5 Å². The Kier molecular flexibility index (Phi) is 22.2. The number of hydrogen-bond donors (Lipinski definition) is 7. The average molecular weight is 1410 g/mol. The van der Waals surface area contributed by atoms with Gasteiger partial charge in [0.05, 0.1) is 38.1 Å². The highest BCUT2D eigenvalue weighted by atomic mass is 31.2. The number of nitrogens with two attached hydrogens (primary N) is 2. The summed E-state index contributed by atoms with van der Waals surface area (Å²) in [7, 11) is -5.54. The number of carbonyl (C=O) groups excluding carboxylic acids is 2. The van der Waals surface area contributed by atoms with Gasteiger partial charge >= 0.3 is 27.2 Å². The minimum atomic E-state index is -5.04. The summed E-state index contributed by atoms with van der Waals surface area (Å²) >= 11 is 0. The fourth-order valence-electron chi connectivity index (χ4n) is 10.4. The summed E-state index contributed by atoms with van der Waals surface area (Å²) in [5.41, 5.74) is 8.83. The van der Waals surface area contributed by atoms with E-state index in [1.165, 1.54) is 80.7 Å². The fraction of sp³-hybridized carbons (Fsp3) is 0.500. The Bertz CT molecular complexity index is 4040. The molecule has 9 N–H and O–H groups in total. The molecule has 37 heteroatoms. The van der Waals surface area contributed by atoms with Gasteiger partial charge in [0.15, 0.2) is 81.0 Å². The number of nitrogens with zero attached hydrogens (tertiary/aromatic N) is 10. The Hall–Kier alpha value is -7.85. The number of carbonyl (C=O) groups is 2. The maximum Gasteiger partial charge on any atom is 0.459 e. The van der Waals surface area contributed by atoms with E-state index in [0.717, 1.165) is 32.6 Å². The summed E-state index contributed by atoms with van der Waals surface area (Å²) in [6.07, 6.45) is -2.13. The van der Waals surface area contributed by atoms with Crippen molar-refractivity contribution in [2.75, 3.05) is 48.6 Å². The molecule has 0 spiro atoms. The second kappa shape index (κ2) is 29.3. The first kappa shape index (κ1) is 73.4. The lowest BCUT2D eigenvalue weighted by atomic mass is 9.98. The molecule has 528 valence electrons. The van der Waals surface area contributed by atoms with Crippen LogP contribution >= 0.6 is 15.3 Å². The van der Waals surface area contributed by atoms with E-state index in [1.807, 2.05) is 29.0 Å². The second-order valence-corrected chi connectivity index (χ2v) is 28.0. The van der Waals surface area contributed by atoms with Crippen molar-refractivity contribution in [3.8, 4) is 11.5 Å². The van der Waals surface area contributed by atoms with Crippen molar-refractivity contribution in [1.29, 1.82) is 0 Å². The topological polar surface area (TPSA) is 363 Å². The first-order valence-electron chi connectivity index (χ1n) is 30.5. The molecule has 0 amide bonds. The number of halogens is 7. The highest BCUT2D eigenvalue weighted by Crippen LogP contribution is 2.50. The predicted molar refractivity (Wildman–Crippen MR) is 337 cm³/mol. The number of imidazole rings is 2. The highest BCUT2D eigenvalue weighted by molar-refractivity contribution is 7.65. The molecule has 0 bridgehead atoms. The highest BCUT2D eigenvalue weighted by Gasteiger charge is 2.57. The zero-order chi connectivity index (χ0) is 71.0. The third-order valence-corrected chi connectivity index (χ3v) is 19.6. The summed E-state index contributed by atoms with van der Waals surface area (Å²) in [6, 6.07) is 13.2. The lowest BCUT2D eigenvalue weighted by molar-refractivity contribution is -0.149. The van der Waals surface area contributed by atoms with Crippen LogP contribution in [0.3, 0.4) is 0 Å². The standard InChI is InChI=1S/C27H37FN7O7P.C18H17F5NO4P.C15H21FN6O3/c1-15(2)40-24(37)16(3)33-43(38,42-18-9-7-6-8-10-18)39-13-19-21(36)27(4,28)25(41-19)35-14-30-20-22(34(5)17-11-12-17)31-26(29)32-23(20)35;1-9(2)27-18(25)10(3)24-29(26,28-11-7-5-4-6-8-11)17-15(22)13(20)12(19)14(21)16(17)23;1-15(16)10(24)8(5-23)25-13(15)22-6-18-9-11(21(2)7-3-4-7)19-14(17)20-12(9)22/h6-10,14-17,19,21,25,36H,11-13H2,1-5H3,(H,33,38)(H2,29,31,32);4-10H,1-3H3,(H,24,26);6-8,10,13,23-24H,3-5H2,1-2H3,(H2,17,19,20)/t16-,19+,21+,25+,27+,43+;10-,29-;8-,10-,13-,15-/m001/s1. The molecular formula is C60H75F7N14O14P2. The van der Waals surface area contributed by atoms with Crippen LogP contribution in [0.4, 0.5) is 54.3 Å². The molecule has 97 heavy (non-hydrogen) atoms. The van der Waals surface area contributed by atoms with Gasteiger partial charge in [-0.15, -0.1) is 0 Å². The van der Waals surface area contributed by atoms with Crippen LogP contribution in [0.5, 0.6) is 11.5 Å². The molecule has 28 nitrogen and oxygen atoms in total. The number of hydrogen-bond acceptors (Lipinski definition) is 24. The molecule has 6 heterocycles. The van der Waals surface area contributed by atoms with Crippen LogP contribution in [0.15, 0.2) is 73.3 Å². The zero-order valence-corrected chi connectivity index (χ0v) is 55.9. The van der Waals surface area contributed by atoms with Gasteiger partial charge in [-0.3, -0.25) is 27.8 Å². The number of fused-ring (bicyclic) bond motifs is 2. The van der Waals surface area contributed by atoms with Gasteiger partial charge in [0, 0.05) is 26.2 Å². The number of rotatable bonds is 23. The molecule has 4 fully saturated rings. The van der Waals surface area contributed by atoms with Gasteiger partial charge in [0.2, 0.25) is 17.7 Å². The lowest BCUT2D eigenvalue weighted by Crippen LogP contribution is -2.41. The summed E-state index contributed by atoms with van der Waals surface area (Å²) in [4.78, 5) is 54.2. The summed E-state index contributed by atoms with van der Waals surface area (Å²) in [5, 5.41) is 33.3. The molecule has 2 aliphatic carbocycles. The van der Waals surface area contributed by atoms with Crippen molar-refractivity contribution in [2.45, 2.75) is 166 Å². The van der Waals surface area contributed by atoms with Gasteiger partial charge in [0.1, 0.15) is 53.3 Å². The Balaban J connectivity index is 0.000000179. The van der Waals surface area contributed by atoms with Gasteiger partial charge in [-0.1, -0.05) is 36.4 Å². The number of aliphatic hydroxyl groups excluding tert-OH is 3. The number of aliphatic hydroxyl groups is 3. The van der Waals surface area contributed by atoms with Crippen LogP contribution in [-0.2, 0) is 42.2 Å². The Labute approximate surface area is 551 Å². The van der Waals surface area contributed by atoms with E-state index in [0.29, 0.717) is 40.4 Å². The van der Waals surface area contributed by atoms with Gasteiger partial charge in [0.25, 0.3) is 0 Å². The Morgan fingerprint density at radius 3 is 1.43 bits per heavy atom. The number of alkyl halides is 2. The zero-order valence-electron chi connectivity index (χ0n) is 54.1. The van der Waals surface area contributed by atoms with E-state index in [9.17, 15) is 56.0 Å². The second-order valence-electron chi connectivity index (χ2n) is 24.3. The van der Waals surface area contributed by atoms with Crippen LogP contribution in [0, 0.1) is 29.1 Å². The number of nitrogen functional groups attached to an aromatic ring is 2. The summed E-state index contributed by atoms with van der Waals surface area (Å²) in [6.45, 7) is 10.3. The molecule has 11 rings (SSSR count). The van der Waals surface area contributed by atoms with Gasteiger partial charge < -0.3 is 64.6 Å². The lowest BCUT2D eigenvalue weighted by Gasteiger charge is -2.25. The van der Waals surface area contributed by atoms with E-state index in [4.69, 9.17) is 44.0 Å². The maximum absolute atomic E-state index is 16.2. The maximum atomic E-state index is 16.2. The van der Waals surface area contributed by atoms with Crippen molar-refractivity contribution in [2.24, 2.45) is 0 Å². The van der Waals surface area contributed by atoms with Gasteiger partial charge in [-0.05, 0) is 105 Å². The minimum absolute atomic E-state index is 0.0223. The van der Waals surface area contributed by atoms with E-state index in [1.54, 1.807) is 50.2 Å². The van der Waals surface area contributed by atoms with Gasteiger partial charge in [-0.25, -0.2) is 50.4 Å². The molecule has 2 aliphatic heterocycles. The predicted octanol–water partition coefficient (Wildman–Crippen LogP) is 7.32. The molecule has 2 saturated heterocycles. The number of esters is 2. The smallest absolute Gasteiger partial charge is 0.459 e. The summed E-state index contributed by atoms with van der Waals surface area (Å²) in [5.74, 6) is -12.2. The van der Waals surface area contributed by atoms with E-state index >= 15 is 8.78 Å². The Morgan fingerprint density at radius 1 is 0.639 bits per heavy atom. The molecule has 0 unspecified atom stereocenters. The quantitative estimate of drug-likeness (QED) is 0.0108. The normalized spacial score (nSPS) is 24.1. The number of aromatic nitrogens is 8.